The molecule has 0 aliphatic heterocycles. The van der Waals surface area contributed by atoms with Crippen LogP contribution in [0.15, 0.2) is 48.5 Å². The van der Waals surface area contributed by atoms with E-state index in [1.165, 1.54) is 6.08 Å². The van der Waals surface area contributed by atoms with E-state index in [4.69, 9.17) is 4.74 Å². The second kappa shape index (κ2) is 8.29. The first-order valence-electron chi connectivity index (χ1n) is 7.42. The van der Waals surface area contributed by atoms with Crippen LogP contribution >= 0.6 is 11.3 Å². The Hall–Kier alpha value is -2.40. The summed E-state index contributed by atoms with van der Waals surface area (Å²) in [5, 5.41) is 2.61. The maximum atomic E-state index is 11.7. The van der Waals surface area contributed by atoms with E-state index in [0.717, 1.165) is 15.3 Å². The highest BCUT2D eigenvalue weighted by atomic mass is 32.1. The molecule has 0 unspecified atom stereocenters. The minimum Gasteiger partial charge on any atom is -0.449 e. The van der Waals surface area contributed by atoms with E-state index in [-0.39, 0.29) is 5.91 Å². The van der Waals surface area contributed by atoms with Crippen LogP contribution in [-0.4, -0.2) is 24.5 Å². The van der Waals surface area contributed by atoms with Crippen molar-refractivity contribution in [1.82, 2.24) is 5.32 Å². The number of hydrogen-bond donors (Lipinski definition) is 1. The van der Waals surface area contributed by atoms with Gasteiger partial charge in [0.1, 0.15) is 0 Å². The second-order valence-electron chi connectivity index (χ2n) is 4.88. The van der Waals surface area contributed by atoms with Gasteiger partial charge in [-0.2, -0.15) is 0 Å². The number of ether oxygens (including phenoxy) is 1. The van der Waals surface area contributed by atoms with Gasteiger partial charge in [0.25, 0.3) is 5.91 Å². The van der Waals surface area contributed by atoms with Crippen LogP contribution in [-0.2, 0) is 14.3 Å². The predicted molar refractivity (Wildman–Crippen MR) is 93.0 cm³/mol. The van der Waals surface area contributed by atoms with Crippen molar-refractivity contribution in [1.29, 1.82) is 0 Å². The van der Waals surface area contributed by atoms with Gasteiger partial charge in [-0.1, -0.05) is 30.3 Å². The predicted octanol–water partition coefficient (Wildman–Crippen LogP) is 3.50. The van der Waals surface area contributed by atoms with Gasteiger partial charge < -0.3 is 10.1 Å². The van der Waals surface area contributed by atoms with Crippen LogP contribution in [0.1, 0.15) is 18.7 Å². The summed E-state index contributed by atoms with van der Waals surface area (Å²) in [5.41, 5.74) is 1.14. The molecule has 1 heterocycles. The molecule has 2 rings (SSSR count). The maximum absolute atomic E-state index is 11.7. The van der Waals surface area contributed by atoms with Crippen LogP contribution < -0.4 is 5.32 Å². The van der Waals surface area contributed by atoms with Crippen LogP contribution in [0.2, 0.25) is 0 Å². The van der Waals surface area contributed by atoms with Crippen molar-refractivity contribution >= 4 is 29.3 Å². The fraction of sp³-hybridized carbons (Fsp3) is 0.222. The molecule has 4 nitrogen and oxygen atoms in total. The van der Waals surface area contributed by atoms with Crippen LogP contribution in [0.5, 0.6) is 0 Å². The molecule has 1 amide bonds. The summed E-state index contributed by atoms with van der Waals surface area (Å²) < 4.78 is 5.04. The topological polar surface area (TPSA) is 55.4 Å². The molecule has 1 atom stereocenters. The number of benzene rings is 1. The quantitative estimate of drug-likeness (QED) is 0.652. The summed E-state index contributed by atoms with van der Waals surface area (Å²) in [6, 6.07) is 14.0. The van der Waals surface area contributed by atoms with Gasteiger partial charge in [-0.05, 0) is 37.6 Å². The fourth-order valence-electron chi connectivity index (χ4n) is 1.94. The highest BCUT2D eigenvalue weighted by Crippen LogP contribution is 2.28. The molecule has 0 saturated heterocycles. The third-order valence-electron chi connectivity index (χ3n) is 3.08. The van der Waals surface area contributed by atoms with Gasteiger partial charge in [0.2, 0.25) is 0 Å². The molecule has 0 aliphatic rings. The van der Waals surface area contributed by atoms with E-state index in [2.05, 4.69) is 5.32 Å². The summed E-state index contributed by atoms with van der Waals surface area (Å²) in [6.45, 7) is 3.87. The number of hydrogen-bond acceptors (Lipinski definition) is 4. The van der Waals surface area contributed by atoms with Gasteiger partial charge in [0.05, 0.1) is 0 Å². The lowest BCUT2D eigenvalue weighted by Crippen LogP contribution is -2.35. The molecular formula is C18H19NO3S. The normalized spacial score (nSPS) is 12.1. The van der Waals surface area contributed by atoms with Crippen LogP contribution in [0.3, 0.4) is 0 Å². The number of rotatable bonds is 6. The molecule has 1 aromatic carbocycles. The largest absolute Gasteiger partial charge is 0.449 e. The molecular weight excluding hydrogens is 310 g/mol. The highest BCUT2D eigenvalue weighted by Gasteiger charge is 2.15. The molecule has 120 valence electrons. The van der Waals surface area contributed by atoms with Gasteiger partial charge in [-0.25, -0.2) is 4.79 Å². The molecule has 1 aromatic heterocycles. The van der Waals surface area contributed by atoms with Gasteiger partial charge in [-0.15, -0.1) is 11.3 Å². The van der Waals surface area contributed by atoms with Crippen molar-refractivity contribution in [3.63, 3.8) is 0 Å². The third kappa shape index (κ3) is 5.07. The van der Waals surface area contributed by atoms with E-state index in [0.29, 0.717) is 6.54 Å². The number of likely N-dealkylation sites (N-methyl/N-ethyl adjacent to an activating group) is 1. The van der Waals surface area contributed by atoms with Gasteiger partial charge >= 0.3 is 5.97 Å². The smallest absolute Gasteiger partial charge is 0.331 e. The zero-order valence-corrected chi connectivity index (χ0v) is 13.9. The summed E-state index contributed by atoms with van der Waals surface area (Å²) in [5.74, 6) is -0.824. The molecule has 0 fully saturated rings. The lowest BCUT2D eigenvalue weighted by molar-refractivity contribution is -0.150. The molecule has 0 spiro atoms. The Morgan fingerprint density at radius 1 is 1.22 bits per heavy atom. The average Bonchev–Trinajstić information content (AvgIpc) is 3.03. The molecule has 1 N–H and O–H groups in total. The summed E-state index contributed by atoms with van der Waals surface area (Å²) >= 11 is 1.59. The van der Waals surface area contributed by atoms with Crippen LogP contribution in [0.25, 0.3) is 16.5 Å². The fourth-order valence-corrected chi connectivity index (χ4v) is 2.85. The molecule has 0 bridgehead atoms. The molecule has 2 aromatic rings. The Labute approximate surface area is 139 Å². The van der Waals surface area contributed by atoms with Crippen molar-refractivity contribution < 1.29 is 14.3 Å². The van der Waals surface area contributed by atoms with E-state index < -0.39 is 12.1 Å². The molecule has 0 aliphatic carbocycles. The van der Waals surface area contributed by atoms with E-state index >= 15 is 0 Å². The first-order chi connectivity index (χ1) is 11.1. The Morgan fingerprint density at radius 3 is 2.65 bits per heavy atom. The number of thiophene rings is 1. The van der Waals surface area contributed by atoms with E-state index in [1.54, 1.807) is 24.3 Å². The first kappa shape index (κ1) is 17.0. The number of esters is 1. The lowest BCUT2D eigenvalue weighted by Gasteiger charge is -2.10. The van der Waals surface area contributed by atoms with Crippen molar-refractivity contribution in [2.75, 3.05) is 6.54 Å². The highest BCUT2D eigenvalue weighted by molar-refractivity contribution is 7.16. The Morgan fingerprint density at radius 2 is 1.96 bits per heavy atom. The monoisotopic (exact) mass is 329 g/mol. The van der Waals surface area contributed by atoms with Gasteiger partial charge in [0, 0.05) is 22.4 Å². The number of carbonyl (C=O) groups is 2. The van der Waals surface area contributed by atoms with E-state index in [1.807, 2.05) is 49.4 Å². The SMILES string of the molecule is CCNC(=O)[C@@H](C)OC(=O)/C=C/c1ccc(-c2ccccc2)s1. The van der Waals surface area contributed by atoms with Gasteiger partial charge in [-0.3, -0.25) is 4.79 Å². The Kier molecular flexibility index (Phi) is 6.11. The molecule has 5 heteroatoms. The minimum atomic E-state index is -0.796. The molecule has 0 saturated carbocycles. The average molecular weight is 329 g/mol. The zero-order valence-electron chi connectivity index (χ0n) is 13.1. The minimum absolute atomic E-state index is 0.295. The molecule has 23 heavy (non-hydrogen) atoms. The summed E-state index contributed by atoms with van der Waals surface area (Å²) in [4.78, 5) is 25.3. The lowest BCUT2D eigenvalue weighted by atomic mass is 10.2. The van der Waals surface area contributed by atoms with Gasteiger partial charge in [0.15, 0.2) is 6.10 Å². The number of carbonyl (C=O) groups excluding carboxylic acids is 2. The van der Waals surface area contributed by atoms with E-state index in [9.17, 15) is 9.59 Å². The van der Waals surface area contributed by atoms with Crippen molar-refractivity contribution in [2.45, 2.75) is 20.0 Å². The van der Waals surface area contributed by atoms with Crippen LogP contribution in [0.4, 0.5) is 0 Å². The molecule has 0 radical (unpaired) electrons. The summed E-state index contributed by atoms with van der Waals surface area (Å²) in [6.07, 6.45) is 2.25. The van der Waals surface area contributed by atoms with Crippen molar-refractivity contribution in [2.24, 2.45) is 0 Å². The Balaban J connectivity index is 1.94. The maximum Gasteiger partial charge on any atom is 0.331 e. The van der Waals surface area contributed by atoms with Crippen LogP contribution in [0, 0.1) is 0 Å². The zero-order chi connectivity index (χ0) is 16.7. The number of amides is 1. The first-order valence-corrected chi connectivity index (χ1v) is 8.23. The van der Waals surface area contributed by atoms with Crippen molar-refractivity contribution in [3.05, 3.63) is 53.4 Å². The third-order valence-corrected chi connectivity index (χ3v) is 4.18. The summed E-state index contributed by atoms with van der Waals surface area (Å²) in [7, 11) is 0. The van der Waals surface area contributed by atoms with Crippen molar-refractivity contribution in [3.8, 4) is 10.4 Å². The standard InChI is InChI=1S/C18H19NO3S/c1-3-19-18(21)13(2)22-17(20)12-10-15-9-11-16(23-15)14-7-5-4-6-8-14/h4-13H,3H2,1-2H3,(H,19,21)/b12-10+/t13-/m1/s1. The second-order valence-corrected chi connectivity index (χ2v) is 5.99. The Bertz CT molecular complexity index is 691. The number of nitrogens with one attached hydrogen (secondary N) is 1.